The largest absolute Gasteiger partial charge is 1.00 e. The third kappa shape index (κ3) is 2.71. The zero-order chi connectivity index (χ0) is 13.3. The van der Waals surface area contributed by atoms with Crippen LogP contribution in [0.25, 0.3) is 0 Å². The molecule has 0 spiro atoms. The molecule has 0 heterocycles. The molecule has 0 saturated carbocycles. The maximum atomic E-state index is 11.4. The fraction of sp³-hybridized carbons (Fsp3) is 0.600. The number of ketones is 4. The molecule has 4 N–H and O–H groups in total. The minimum atomic E-state index is -2.30. The number of rotatable bonds is 5. The molecule has 0 saturated heterocycles. The van der Waals surface area contributed by atoms with Gasteiger partial charge in [0.25, 0.3) is 0 Å². The van der Waals surface area contributed by atoms with E-state index in [0.29, 0.717) is 0 Å². The zero-order valence-electron chi connectivity index (χ0n) is 11.8. The predicted octanol–water partition coefficient (Wildman–Crippen LogP) is -4.15. The van der Waals surface area contributed by atoms with E-state index in [1.54, 1.807) is 0 Å². The molecule has 0 unspecified atom stereocenters. The molecular formula is C10H17N2NaO4. The van der Waals surface area contributed by atoms with Crippen LogP contribution in [0.4, 0.5) is 0 Å². The van der Waals surface area contributed by atoms with Gasteiger partial charge >= 0.3 is 29.6 Å². The summed E-state index contributed by atoms with van der Waals surface area (Å²) in [6.45, 7) is 4.09. The minimum absolute atomic E-state index is 0. The van der Waals surface area contributed by atoms with Crippen molar-refractivity contribution in [2.24, 2.45) is 11.5 Å². The van der Waals surface area contributed by atoms with Crippen molar-refractivity contribution in [3.8, 4) is 0 Å². The van der Waals surface area contributed by atoms with Crippen LogP contribution < -0.4 is 41.0 Å². The van der Waals surface area contributed by atoms with Crippen molar-refractivity contribution in [3.63, 3.8) is 0 Å². The van der Waals surface area contributed by atoms with Crippen molar-refractivity contribution >= 4 is 23.1 Å². The van der Waals surface area contributed by atoms with Gasteiger partial charge in [-0.25, -0.2) is 0 Å². The third-order valence-corrected chi connectivity index (χ3v) is 2.84. The van der Waals surface area contributed by atoms with Gasteiger partial charge in [-0.1, -0.05) is 0 Å². The van der Waals surface area contributed by atoms with Gasteiger partial charge in [0.05, 0.1) is 0 Å². The van der Waals surface area contributed by atoms with Gasteiger partial charge in [0.1, 0.15) is 0 Å². The number of hydrogen-bond donors (Lipinski definition) is 2. The Bertz CT molecular complexity index is 320. The van der Waals surface area contributed by atoms with Crippen LogP contribution in [0.15, 0.2) is 0 Å². The Labute approximate surface area is 123 Å². The molecule has 0 aliphatic carbocycles. The monoisotopic (exact) mass is 252 g/mol. The molecule has 0 rings (SSSR count). The summed E-state index contributed by atoms with van der Waals surface area (Å²) in [7, 11) is 0. The predicted molar refractivity (Wildman–Crippen MR) is 57.7 cm³/mol. The second-order valence-electron chi connectivity index (χ2n) is 3.84. The van der Waals surface area contributed by atoms with Crippen LogP contribution in [0.3, 0.4) is 0 Å². The molecule has 0 aliphatic heterocycles. The Morgan fingerprint density at radius 1 is 0.706 bits per heavy atom. The molecule has 7 heteroatoms. The van der Waals surface area contributed by atoms with Crippen LogP contribution in [0.5, 0.6) is 0 Å². The SMILES string of the molecule is CC(=O)C(N)(C(C)=O)C(N)(C(C)=O)C(C)=O.[H-].[Na+]. The summed E-state index contributed by atoms with van der Waals surface area (Å²) in [5.74, 6) is -3.25. The van der Waals surface area contributed by atoms with Crippen molar-refractivity contribution < 1.29 is 50.2 Å². The van der Waals surface area contributed by atoms with Crippen molar-refractivity contribution in [3.05, 3.63) is 0 Å². The summed E-state index contributed by atoms with van der Waals surface area (Å²) in [4.78, 5) is 45.7. The van der Waals surface area contributed by atoms with Gasteiger partial charge in [0.2, 0.25) is 0 Å². The number of hydrogen-bond acceptors (Lipinski definition) is 6. The average molecular weight is 252 g/mol. The van der Waals surface area contributed by atoms with Crippen LogP contribution in [-0.4, -0.2) is 34.2 Å². The molecule has 17 heavy (non-hydrogen) atoms. The van der Waals surface area contributed by atoms with E-state index >= 15 is 0 Å². The van der Waals surface area contributed by atoms with E-state index in [4.69, 9.17) is 11.5 Å². The van der Waals surface area contributed by atoms with E-state index in [-0.39, 0.29) is 31.0 Å². The summed E-state index contributed by atoms with van der Waals surface area (Å²) in [6.07, 6.45) is 0. The molecule has 0 aromatic rings. The van der Waals surface area contributed by atoms with Crippen molar-refractivity contribution in [2.75, 3.05) is 0 Å². The molecule has 0 atom stereocenters. The first-order valence-electron chi connectivity index (χ1n) is 4.64. The van der Waals surface area contributed by atoms with Gasteiger partial charge in [-0.15, -0.1) is 0 Å². The van der Waals surface area contributed by atoms with E-state index in [9.17, 15) is 19.2 Å². The Hall–Kier alpha value is -0.400. The maximum Gasteiger partial charge on any atom is 1.00 e. The van der Waals surface area contributed by atoms with Crippen molar-refractivity contribution in [1.29, 1.82) is 0 Å². The molecule has 0 fully saturated rings. The topological polar surface area (TPSA) is 120 Å². The Balaban J connectivity index is -0.00000112. The third-order valence-electron chi connectivity index (χ3n) is 2.84. The van der Waals surface area contributed by atoms with Gasteiger partial charge < -0.3 is 12.9 Å². The summed E-state index contributed by atoms with van der Waals surface area (Å²) in [6, 6.07) is 0. The second-order valence-corrected chi connectivity index (χ2v) is 3.84. The average Bonchev–Trinajstić information content (AvgIpc) is 2.13. The molecule has 0 radical (unpaired) electrons. The maximum absolute atomic E-state index is 11.4. The van der Waals surface area contributed by atoms with E-state index in [1.165, 1.54) is 0 Å². The van der Waals surface area contributed by atoms with Gasteiger partial charge in [0, 0.05) is 0 Å². The summed E-state index contributed by atoms with van der Waals surface area (Å²) in [5.41, 5.74) is 6.59. The number of carbonyl (C=O) groups excluding carboxylic acids is 4. The number of nitrogens with two attached hydrogens (primary N) is 2. The second kappa shape index (κ2) is 5.97. The van der Waals surface area contributed by atoms with Crippen LogP contribution in [-0.2, 0) is 19.2 Å². The van der Waals surface area contributed by atoms with Crippen LogP contribution >= 0.6 is 0 Å². The summed E-state index contributed by atoms with van der Waals surface area (Å²) >= 11 is 0. The van der Waals surface area contributed by atoms with Crippen LogP contribution in [0, 0.1) is 0 Å². The molecule has 0 aliphatic rings. The fourth-order valence-electron chi connectivity index (χ4n) is 1.61. The van der Waals surface area contributed by atoms with E-state index in [0.717, 1.165) is 27.7 Å². The first-order valence-corrected chi connectivity index (χ1v) is 4.64. The van der Waals surface area contributed by atoms with Gasteiger partial charge in [0.15, 0.2) is 34.2 Å². The van der Waals surface area contributed by atoms with Crippen LogP contribution in [0.2, 0.25) is 0 Å². The van der Waals surface area contributed by atoms with E-state index < -0.39 is 34.2 Å². The molecule has 0 amide bonds. The molecule has 92 valence electrons. The zero-order valence-corrected chi connectivity index (χ0v) is 12.8. The quantitative estimate of drug-likeness (QED) is 0.378. The Morgan fingerprint density at radius 2 is 0.824 bits per heavy atom. The Kier molecular flexibility index (Phi) is 6.66. The van der Waals surface area contributed by atoms with Crippen molar-refractivity contribution in [1.82, 2.24) is 0 Å². The smallest absolute Gasteiger partial charge is 1.00 e. The molecule has 6 nitrogen and oxygen atoms in total. The van der Waals surface area contributed by atoms with E-state index in [2.05, 4.69) is 0 Å². The van der Waals surface area contributed by atoms with Crippen molar-refractivity contribution in [2.45, 2.75) is 38.8 Å². The fourth-order valence-corrected chi connectivity index (χ4v) is 1.61. The number of carbonyl (C=O) groups is 4. The molecule has 0 bridgehead atoms. The first kappa shape index (κ1) is 19.0. The first-order chi connectivity index (χ1) is 7.02. The Morgan fingerprint density at radius 3 is 0.882 bits per heavy atom. The summed E-state index contributed by atoms with van der Waals surface area (Å²) in [5, 5.41) is 0. The molecule has 0 aromatic carbocycles. The van der Waals surface area contributed by atoms with Gasteiger partial charge in [-0.3, -0.25) is 19.2 Å². The van der Waals surface area contributed by atoms with Gasteiger partial charge in [-0.2, -0.15) is 0 Å². The minimum Gasteiger partial charge on any atom is -1.00 e. The molecular weight excluding hydrogens is 235 g/mol. The number of Topliss-reactive ketones (excluding diaryl/α,β-unsaturated/α-hetero) is 4. The summed E-state index contributed by atoms with van der Waals surface area (Å²) < 4.78 is 0. The van der Waals surface area contributed by atoms with E-state index in [1.807, 2.05) is 0 Å². The van der Waals surface area contributed by atoms with Crippen LogP contribution in [0.1, 0.15) is 29.1 Å². The van der Waals surface area contributed by atoms with Gasteiger partial charge in [-0.05, 0) is 27.7 Å². The standard InChI is InChI=1S/C10H16N2O4.Na.H/c1-5(13)9(11,6(2)14)10(12,7(3)15)8(4)16;;/h11-12H2,1-4H3;;/q;+1;-1. The molecule has 0 aromatic heterocycles. The normalized spacial score (nSPS) is 11.4.